The first kappa shape index (κ1) is 16.9. The Labute approximate surface area is 137 Å². The molecular weight excluding hydrogens is 288 g/mol. The van der Waals surface area contributed by atoms with E-state index in [0.717, 1.165) is 12.1 Å². The number of nitrogens with one attached hydrogen (secondary N) is 1. The predicted molar refractivity (Wildman–Crippen MR) is 92.5 cm³/mol. The lowest BCUT2D eigenvalue weighted by Crippen LogP contribution is -2.29. The fourth-order valence-electron chi connectivity index (χ4n) is 2.23. The van der Waals surface area contributed by atoms with Crippen LogP contribution < -0.4 is 5.32 Å². The van der Waals surface area contributed by atoms with Crippen LogP contribution in [-0.2, 0) is 6.42 Å². The summed E-state index contributed by atoms with van der Waals surface area (Å²) in [5.41, 5.74) is 2.54. The van der Waals surface area contributed by atoms with Crippen LogP contribution in [0.5, 0.6) is 0 Å². The fourth-order valence-corrected chi connectivity index (χ4v) is 2.23. The van der Waals surface area contributed by atoms with Crippen LogP contribution in [0.25, 0.3) is 0 Å². The van der Waals surface area contributed by atoms with Crippen LogP contribution >= 0.6 is 0 Å². The number of amides is 1. The van der Waals surface area contributed by atoms with Crippen molar-refractivity contribution in [1.29, 1.82) is 0 Å². The molecule has 1 amide bonds. The maximum absolute atomic E-state index is 12.5. The van der Waals surface area contributed by atoms with Crippen LogP contribution in [0.2, 0.25) is 0 Å². The zero-order valence-corrected chi connectivity index (χ0v) is 14.2. The van der Waals surface area contributed by atoms with Crippen LogP contribution in [0, 0.1) is 0 Å². The van der Waals surface area contributed by atoms with E-state index in [1.54, 1.807) is 29.7 Å². The molecule has 0 aromatic carbocycles. The number of aromatic nitrogens is 2. The number of likely N-dealkylation sites (N-methyl/N-ethyl adjacent to an activating group) is 1. The van der Waals surface area contributed by atoms with Gasteiger partial charge in [0.15, 0.2) is 0 Å². The van der Waals surface area contributed by atoms with E-state index in [1.807, 2.05) is 25.2 Å². The third-order valence-corrected chi connectivity index (χ3v) is 3.34. The molecule has 2 heterocycles. The summed E-state index contributed by atoms with van der Waals surface area (Å²) in [7, 11) is 1.81. The van der Waals surface area contributed by atoms with Crippen molar-refractivity contribution in [3.63, 3.8) is 0 Å². The van der Waals surface area contributed by atoms with Gasteiger partial charge >= 0.3 is 0 Å². The molecule has 5 heteroatoms. The second-order valence-corrected chi connectivity index (χ2v) is 6.67. The Bertz CT molecular complexity index is 650. The molecule has 0 fully saturated rings. The summed E-state index contributed by atoms with van der Waals surface area (Å²) in [6, 6.07) is 5.78. The largest absolute Gasteiger partial charge is 0.379 e. The molecule has 0 bridgehead atoms. The Kier molecular flexibility index (Phi) is 5.32. The number of carbonyl (C=O) groups is 1. The predicted octanol–water partition coefficient (Wildman–Crippen LogP) is 3.00. The van der Waals surface area contributed by atoms with E-state index in [2.05, 4.69) is 36.1 Å². The van der Waals surface area contributed by atoms with Gasteiger partial charge in [0.2, 0.25) is 0 Å². The maximum Gasteiger partial charge on any atom is 0.255 e. The number of hydrogen-bond donors (Lipinski definition) is 1. The summed E-state index contributed by atoms with van der Waals surface area (Å²) in [6.07, 6.45) is 7.68. The number of hydrogen-bond acceptors (Lipinski definition) is 4. The van der Waals surface area contributed by atoms with Crippen LogP contribution in [0.15, 0.2) is 43.0 Å². The van der Waals surface area contributed by atoms with E-state index in [0.29, 0.717) is 12.1 Å². The minimum Gasteiger partial charge on any atom is -0.379 e. The van der Waals surface area contributed by atoms with E-state index in [-0.39, 0.29) is 11.4 Å². The van der Waals surface area contributed by atoms with Crippen molar-refractivity contribution in [3.05, 3.63) is 54.1 Å². The standard InChI is InChI=1S/C18H24N4O/c1-18(2,3)21-16-11-15(12-20-13-16)17(23)22(4)10-7-14-5-8-19-9-6-14/h5-6,8-9,11-13,21H,7,10H2,1-4H3. The van der Waals surface area contributed by atoms with Crippen molar-refractivity contribution in [1.82, 2.24) is 14.9 Å². The third kappa shape index (κ3) is 5.36. The fraction of sp³-hybridized carbons (Fsp3) is 0.389. The highest BCUT2D eigenvalue weighted by atomic mass is 16.2. The number of pyridine rings is 2. The SMILES string of the molecule is CN(CCc1ccncc1)C(=O)c1cncc(NC(C)(C)C)c1. The Morgan fingerprint density at radius 3 is 2.52 bits per heavy atom. The monoisotopic (exact) mass is 312 g/mol. The van der Waals surface area contributed by atoms with Crippen LogP contribution in [0.1, 0.15) is 36.7 Å². The van der Waals surface area contributed by atoms with Gasteiger partial charge in [0.25, 0.3) is 5.91 Å². The minimum atomic E-state index is -0.0728. The average molecular weight is 312 g/mol. The molecule has 1 N–H and O–H groups in total. The Hall–Kier alpha value is -2.43. The summed E-state index contributed by atoms with van der Waals surface area (Å²) >= 11 is 0. The van der Waals surface area contributed by atoms with Gasteiger partial charge in [-0.1, -0.05) is 0 Å². The van der Waals surface area contributed by atoms with Gasteiger partial charge in [0, 0.05) is 43.9 Å². The molecule has 0 atom stereocenters. The average Bonchev–Trinajstić information content (AvgIpc) is 2.51. The topological polar surface area (TPSA) is 58.1 Å². The minimum absolute atomic E-state index is 0.0240. The molecule has 5 nitrogen and oxygen atoms in total. The van der Waals surface area contributed by atoms with Crippen molar-refractivity contribution in [2.75, 3.05) is 18.9 Å². The molecule has 0 aliphatic rings. The summed E-state index contributed by atoms with van der Waals surface area (Å²) in [5, 5.41) is 3.33. The molecule has 0 aliphatic heterocycles. The highest BCUT2D eigenvalue weighted by molar-refractivity contribution is 5.94. The Balaban J connectivity index is 2.00. The van der Waals surface area contributed by atoms with E-state index in [4.69, 9.17) is 0 Å². The molecule has 2 aromatic heterocycles. The van der Waals surface area contributed by atoms with Crippen molar-refractivity contribution >= 4 is 11.6 Å². The lowest BCUT2D eigenvalue weighted by atomic mass is 10.1. The molecule has 2 aromatic rings. The van der Waals surface area contributed by atoms with E-state index < -0.39 is 0 Å². The first-order valence-electron chi connectivity index (χ1n) is 7.73. The van der Waals surface area contributed by atoms with Crippen LogP contribution in [-0.4, -0.2) is 39.9 Å². The van der Waals surface area contributed by atoms with Crippen molar-refractivity contribution in [2.45, 2.75) is 32.7 Å². The molecule has 0 spiro atoms. The van der Waals surface area contributed by atoms with Crippen molar-refractivity contribution in [2.24, 2.45) is 0 Å². The second-order valence-electron chi connectivity index (χ2n) is 6.67. The van der Waals surface area contributed by atoms with Gasteiger partial charge in [-0.25, -0.2) is 0 Å². The van der Waals surface area contributed by atoms with Crippen molar-refractivity contribution in [3.8, 4) is 0 Å². The van der Waals surface area contributed by atoms with E-state index in [1.165, 1.54) is 5.56 Å². The summed E-state index contributed by atoms with van der Waals surface area (Å²) in [6.45, 7) is 6.87. The van der Waals surface area contributed by atoms with E-state index in [9.17, 15) is 4.79 Å². The third-order valence-electron chi connectivity index (χ3n) is 3.34. The molecule has 0 saturated heterocycles. The van der Waals surface area contributed by atoms with Crippen LogP contribution in [0.4, 0.5) is 5.69 Å². The Morgan fingerprint density at radius 2 is 1.87 bits per heavy atom. The lowest BCUT2D eigenvalue weighted by molar-refractivity contribution is 0.0796. The normalized spacial score (nSPS) is 11.1. The molecule has 122 valence electrons. The van der Waals surface area contributed by atoms with Crippen LogP contribution in [0.3, 0.4) is 0 Å². The molecular formula is C18H24N4O. The summed E-state index contributed by atoms with van der Waals surface area (Å²) in [4.78, 5) is 22.4. The lowest BCUT2D eigenvalue weighted by Gasteiger charge is -2.22. The quantitative estimate of drug-likeness (QED) is 0.922. The van der Waals surface area contributed by atoms with Gasteiger partial charge < -0.3 is 10.2 Å². The zero-order chi connectivity index (χ0) is 16.9. The number of rotatable bonds is 5. The van der Waals surface area contributed by atoms with E-state index >= 15 is 0 Å². The van der Waals surface area contributed by atoms with Gasteiger partial charge in [0.05, 0.1) is 11.3 Å². The first-order chi connectivity index (χ1) is 10.8. The molecule has 23 heavy (non-hydrogen) atoms. The molecule has 0 unspecified atom stereocenters. The van der Waals surface area contributed by atoms with Crippen molar-refractivity contribution < 1.29 is 4.79 Å². The molecule has 2 rings (SSSR count). The number of nitrogens with zero attached hydrogens (tertiary/aromatic N) is 3. The highest BCUT2D eigenvalue weighted by Gasteiger charge is 2.15. The number of carbonyl (C=O) groups excluding carboxylic acids is 1. The smallest absolute Gasteiger partial charge is 0.255 e. The second kappa shape index (κ2) is 7.22. The maximum atomic E-state index is 12.5. The van der Waals surface area contributed by atoms with Gasteiger partial charge in [-0.15, -0.1) is 0 Å². The molecule has 0 saturated carbocycles. The number of anilines is 1. The van der Waals surface area contributed by atoms with Gasteiger partial charge in [-0.05, 0) is 51.0 Å². The highest BCUT2D eigenvalue weighted by Crippen LogP contribution is 2.15. The van der Waals surface area contributed by atoms with Gasteiger partial charge in [-0.2, -0.15) is 0 Å². The summed E-state index contributed by atoms with van der Waals surface area (Å²) < 4.78 is 0. The summed E-state index contributed by atoms with van der Waals surface area (Å²) in [5.74, 6) is -0.0240. The molecule has 0 radical (unpaired) electrons. The Morgan fingerprint density at radius 1 is 1.17 bits per heavy atom. The van der Waals surface area contributed by atoms with Gasteiger partial charge in [0.1, 0.15) is 0 Å². The zero-order valence-electron chi connectivity index (χ0n) is 14.2. The first-order valence-corrected chi connectivity index (χ1v) is 7.73. The van der Waals surface area contributed by atoms with Gasteiger partial charge in [-0.3, -0.25) is 14.8 Å². The molecule has 0 aliphatic carbocycles.